The molecule has 0 radical (unpaired) electrons. The number of carbonyl (C=O) groups is 1. The van der Waals surface area contributed by atoms with Crippen LogP contribution in [0.3, 0.4) is 0 Å². The third kappa shape index (κ3) is 8.31. The minimum Gasteiger partial charge on any atom is -0.369 e. The number of nitrogens with two attached hydrogens (primary N) is 1. The van der Waals surface area contributed by atoms with Crippen molar-refractivity contribution in [3.63, 3.8) is 0 Å². The Morgan fingerprint density at radius 2 is 2.27 bits per heavy atom. The number of rotatable bonds is 8. The topological polar surface area (TPSA) is 95.6 Å². The number of guanidine groups is 1. The number of aromatic nitrogens is 1. The Labute approximate surface area is 173 Å². The van der Waals surface area contributed by atoms with Crippen molar-refractivity contribution in [3.05, 3.63) is 30.1 Å². The molecule has 8 heteroatoms. The summed E-state index contributed by atoms with van der Waals surface area (Å²) in [4.78, 5) is 22.5. The van der Waals surface area contributed by atoms with Gasteiger partial charge in [0.05, 0.1) is 18.2 Å². The highest BCUT2D eigenvalue weighted by Gasteiger charge is 2.23. The predicted molar refractivity (Wildman–Crippen MR) is 115 cm³/mol. The molecule has 7 nitrogen and oxygen atoms in total. The number of amides is 1. The van der Waals surface area contributed by atoms with E-state index in [-0.39, 0.29) is 35.8 Å². The van der Waals surface area contributed by atoms with Crippen molar-refractivity contribution >= 4 is 35.8 Å². The molecule has 1 aromatic heterocycles. The van der Waals surface area contributed by atoms with Crippen molar-refractivity contribution in [2.75, 3.05) is 32.7 Å². The van der Waals surface area contributed by atoms with Crippen molar-refractivity contribution in [1.82, 2.24) is 20.5 Å². The lowest BCUT2D eigenvalue weighted by Gasteiger charge is -2.31. The first-order chi connectivity index (χ1) is 12.2. The second kappa shape index (κ2) is 12.9. The number of likely N-dealkylation sites (tertiary alicyclic amines) is 1. The molecule has 1 unspecified atom stereocenters. The summed E-state index contributed by atoms with van der Waals surface area (Å²) in [5.74, 6) is 0.652. The third-order valence-corrected chi connectivity index (χ3v) is 4.32. The second-order valence-corrected chi connectivity index (χ2v) is 6.34. The maximum absolute atomic E-state index is 11.3. The Morgan fingerprint density at radius 1 is 1.42 bits per heavy atom. The summed E-state index contributed by atoms with van der Waals surface area (Å²) >= 11 is 0. The molecular weight excluding hydrogens is 443 g/mol. The van der Waals surface area contributed by atoms with Gasteiger partial charge in [-0.2, -0.15) is 0 Å². The number of nitrogens with one attached hydrogen (secondary N) is 2. The number of carbonyl (C=O) groups excluding carboxylic acids is 1. The van der Waals surface area contributed by atoms with E-state index in [2.05, 4.69) is 32.4 Å². The first-order valence-corrected chi connectivity index (χ1v) is 9.12. The van der Waals surface area contributed by atoms with Gasteiger partial charge in [-0.1, -0.05) is 6.07 Å². The Morgan fingerprint density at radius 3 is 2.96 bits per heavy atom. The number of hydrogen-bond acceptors (Lipinski definition) is 4. The van der Waals surface area contributed by atoms with E-state index in [0.29, 0.717) is 6.54 Å². The number of aliphatic imine (C=N–C) groups is 1. The summed E-state index contributed by atoms with van der Waals surface area (Å²) in [6.45, 7) is 7.09. The van der Waals surface area contributed by atoms with Crippen molar-refractivity contribution < 1.29 is 4.79 Å². The number of piperidine rings is 1. The number of nitrogens with zero attached hydrogens (tertiary/aromatic N) is 3. The Balaban J connectivity index is 0.00000338. The zero-order chi connectivity index (χ0) is 17.9. The van der Waals surface area contributed by atoms with E-state index in [1.165, 1.54) is 0 Å². The van der Waals surface area contributed by atoms with E-state index in [0.717, 1.165) is 63.6 Å². The lowest BCUT2D eigenvalue weighted by Crippen LogP contribution is -2.43. The quantitative estimate of drug-likeness (QED) is 0.229. The average molecular weight is 474 g/mol. The Bertz CT molecular complexity index is 554. The van der Waals surface area contributed by atoms with Gasteiger partial charge < -0.3 is 21.3 Å². The summed E-state index contributed by atoms with van der Waals surface area (Å²) in [5, 5.41) is 6.61. The Hall–Kier alpha value is -1.42. The van der Waals surface area contributed by atoms with E-state index in [1.807, 2.05) is 18.2 Å². The molecule has 2 heterocycles. The molecule has 0 aliphatic carbocycles. The van der Waals surface area contributed by atoms with Crippen LogP contribution in [-0.4, -0.2) is 54.5 Å². The largest absolute Gasteiger partial charge is 0.369 e. The number of halogens is 1. The standard InChI is InChI=1S/C18H30N6O.HI/c1-2-20-18(23-13-16-8-3-4-9-21-16)22-10-6-12-24-11-5-7-15(14-24)17(19)25;/h3-4,8-9,15H,2,5-7,10-14H2,1H3,(H2,19,25)(H2,20,22,23);1H. The van der Waals surface area contributed by atoms with E-state index in [1.54, 1.807) is 6.20 Å². The number of hydrogen-bond donors (Lipinski definition) is 3. The van der Waals surface area contributed by atoms with E-state index >= 15 is 0 Å². The fourth-order valence-electron chi connectivity index (χ4n) is 2.99. The summed E-state index contributed by atoms with van der Waals surface area (Å²) < 4.78 is 0. The van der Waals surface area contributed by atoms with E-state index < -0.39 is 0 Å². The fraction of sp³-hybridized carbons (Fsp3) is 0.611. The molecule has 0 bridgehead atoms. The van der Waals surface area contributed by atoms with Gasteiger partial charge in [0.1, 0.15) is 0 Å². The lowest BCUT2D eigenvalue weighted by atomic mass is 9.97. The molecule has 26 heavy (non-hydrogen) atoms. The molecule has 0 spiro atoms. The van der Waals surface area contributed by atoms with Crippen LogP contribution < -0.4 is 16.4 Å². The number of pyridine rings is 1. The monoisotopic (exact) mass is 474 g/mol. The van der Waals surface area contributed by atoms with Gasteiger partial charge in [-0.05, 0) is 51.4 Å². The summed E-state index contributed by atoms with van der Waals surface area (Å²) in [5.41, 5.74) is 6.38. The molecular formula is C18H31IN6O. The van der Waals surface area contributed by atoms with Crippen molar-refractivity contribution in [1.29, 1.82) is 0 Å². The summed E-state index contributed by atoms with van der Waals surface area (Å²) in [7, 11) is 0. The van der Waals surface area contributed by atoms with Crippen molar-refractivity contribution in [2.24, 2.45) is 16.6 Å². The van der Waals surface area contributed by atoms with Crippen LogP contribution in [0.1, 0.15) is 31.9 Å². The van der Waals surface area contributed by atoms with E-state index in [4.69, 9.17) is 5.73 Å². The maximum Gasteiger partial charge on any atom is 0.221 e. The van der Waals surface area contributed by atoms with Crippen LogP contribution in [0, 0.1) is 5.92 Å². The summed E-state index contributed by atoms with van der Waals surface area (Å²) in [6.07, 6.45) is 4.76. The molecule has 1 amide bonds. The molecule has 2 rings (SSSR count). The zero-order valence-electron chi connectivity index (χ0n) is 15.5. The highest BCUT2D eigenvalue weighted by atomic mass is 127. The minimum absolute atomic E-state index is 0. The molecule has 1 aliphatic rings. The first kappa shape index (κ1) is 22.6. The maximum atomic E-state index is 11.3. The van der Waals surface area contributed by atoms with Gasteiger partial charge in [0.15, 0.2) is 5.96 Å². The van der Waals surface area contributed by atoms with Gasteiger partial charge >= 0.3 is 0 Å². The molecule has 1 atom stereocenters. The molecule has 0 aromatic carbocycles. The van der Waals surface area contributed by atoms with E-state index in [9.17, 15) is 4.79 Å². The molecule has 0 saturated carbocycles. The predicted octanol–water partition coefficient (Wildman–Crippen LogP) is 1.34. The van der Waals surface area contributed by atoms with Gasteiger partial charge in [0, 0.05) is 25.8 Å². The summed E-state index contributed by atoms with van der Waals surface area (Å²) in [6, 6.07) is 5.84. The molecule has 146 valence electrons. The zero-order valence-corrected chi connectivity index (χ0v) is 17.8. The third-order valence-electron chi connectivity index (χ3n) is 4.32. The normalized spacial score (nSPS) is 18.0. The molecule has 1 aliphatic heterocycles. The van der Waals surface area contributed by atoms with Gasteiger partial charge in [0.25, 0.3) is 0 Å². The highest BCUT2D eigenvalue weighted by Crippen LogP contribution is 2.15. The van der Waals surface area contributed by atoms with Crippen LogP contribution in [0.15, 0.2) is 29.4 Å². The van der Waals surface area contributed by atoms with Gasteiger partial charge in [-0.3, -0.25) is 9.78 Å². The van der Waals surface area contributed by atoms with Gasteiger partial charge in [-0.15, -0.1) is 24.0 Å². The number of primary amides is 1. The molecule has 1 fully saturated rings. The van der Waals surface area contributed by atoms with Crippen LogP contribution >= 0.6 is 24.0 Å². The highest BCUT2D eigenvalue weighted by molar-refractivity contribution is 14.0. The van der Waals surface area contributed by atoms with Crippen molar-refractivity contribution in [3.8, 4) is 0 Å². The van der Waals surface area contributed by atoms with Crippen molar-refractivity contribution in [2.45, 2.75) is 32.7 Å². The average Bonchev–Trinajstić information content (AvgIpc) is 2.64. The SMILES string of the molecule is CCNC(=NCc1ccccn1)NCCCN1CCCC(C(N)=O)C1.I. The second-order valence-electron chi connectivity index (χ2n) is 6.34. The first-order valence-electron chi connectivity index (χ1n) is 9.12. The fourth-order valence-corrected chi connectivity index (χ4v) is 2.99. The molecule has 1 saturated heterocycles. The minimum atomic E-state index is -0.168. The van der Waals surface area contributed by atoms with Gasteiger partial charge in [-0.25, -0.2) is 4.99 Å². The molecule has 1 aromatic rings. The van der Waals surface area contributed by atoms with Crippen LogP contribution in [0.2, 0.25) is 0 Å². The van der Waals surface area contributed by atoms with Crippen LogP contribution in [0.25, 0.3) is 0 Å². The lowest BCUT2D eigenvalue weighted by molar-refractivity contribution is -0.123. The Kier molecular flexibility index (Phi) is 11.2. The van der Waals surface area contributed by atoms with Gasteiger partial charge in [0.2, 0.25) is 5.91 Å². The molecule has 4 N–H and O–H groups in total. The smallest absolute Gasteiger partial charge is 0.221 e. The van der Waals surface area contributed by atoms with Crippen LogP contribution in [0.4, 0.5) is 0 Å². The van der Waals surface area contributed by atoms with Crippen LogP contribution in [-0.2, 0) is 11.3 Å². The van der Waals surface area contributed by atoms with Crippen LogP contribution in [0.5, 0.6) is 0 Å².